The van der Waals surface area contributed by atoms with E-state index < -0.39 is 11.8 Å². The van der Waals surface area contributed by atoms with Crippen LogP contribution in [-0.4, -0.2) is 78.0 Å². The number of nitrogens with one attached hydrogen (secondary N) is 2. The fourth-order valence-electron chi connectivity index (χ4n) is 4.89. The van der Waals surface area contributed by atoms with Crippen LogP contribution in [0.1, 0.15) is 22.6 Å². The average Bonchev–Trinajstić information content (AvgIpc) is 3.35. The summed E-state index contributed by atoms with van der Waals surface area (Å²) in [5.41, 5.74) is 6.13. The van der Waals surface area contributed by atoms with E-state index in [4.69, 9.17) is 14.7 Å². The topological polar surface area (TPSA) is 107 Å². The van der Waals surface area contributed by atoms with Gasteiger partial charge in [0.1, 0.15) is 12.5 Å². The fraction of sp³-hybridized carbons (Fsp3) is 0.379. The largest absolute Gasteiger partial charge is 0.448 e. The smallest absolute Gasteiger partial charge is 0.409 e. The summed E-state index contributed by atoms with van der Waals surface area (Å²) in [5, 5.41) is 10.1. The van der Waals surface area contributed by atoms with Crippen LogP contribution in [0.15, 0.2) is 54.7 Å². The number of H-pyrrole nitrogens is 1. The number of aromatic nitrogens is 1. The number of rotatable bonds is 10. The molecule has 2 aliphatic rings. The molecule has 2 heterocycles. The number of aromatic amines is 1. The van der Waals surface area contributed by atoms with E-state index in [1.165, 1.54) is 10.9 Å². The molecule has 2 amide bonds. The van der Waals surface area contributed by atoms with E-state index in [0.29, 0.717) is 46.0 Å². The molecule has 1 fully saturated rings. The van der Waals surface area contributed by atoms with E-state index in [9.17, 15) is 9.59 Å². The Labute approximate surface area is 221 Å². The summed E-state index contributed by atoms with van der Waals surface area (Å²) in [6.07, 6.45) is 2.63. The number of nitrogens with zero attached hydrogens (tertiary/aromatic N) is 2. The Balaban J connectivity index is 1.22. The van der Waals surface area contributed by atoms with Crippen molar-refractivity contribution in [2.45, 2.75) is 18.9 Å². The van der Waals surface area contributed by atoms with Gasteiger partial charge in [0.05, 0.1) is 19.1 Å². The Hall–Kier alpha value is -3.84. The molecule has 3 N–H and O–H groups in total. The maximum absolute atomic E-state index is 12.4. The highest BCUT2D eigenvalue weighted by molar-refractivity contribution is 5.84. The molecule has 2 atom stereocenters. The molecule has 0 spiro atoms. The van der Waals surface area contributed by atoms with Crippen LogP contribution < -0.4 is 5.48 Å². The Morgan fingerprint density at radius 3 is 2.63 bits per heavy atom. The van der Waals surface area contributed by atoms with Crippen LogP contribution in [0.4, 0.5) is 4.79 Å². The van der Waals surface area contributed by atoms with Gasteiger partial charge in [0.2, 0.25) is 0 Å². The summed E-state index contributed by atoms with van der Waals surface area (Å²) in [6, 6.07) is 16.3. The summed E-state index contributed by atoms with van der Waals surface area (Å²) in [4.78, 5) is 31.5. The van der Waals surface area contributed by atoms with Crippen molar-refractivity contribution < 1.29 is 24.3 Å². The van der Waals surface area contributed by atoms with Gasteiger partial charge in [0, 0.05) is 49.8 Å². The number of para-hydroxylation sites is 1. The lowest BCUT2D eigenvalue weighted by molar-refractivity contribution is -0.132. The maximum atomic E-state index is 12.4. The van der Waals surface area contributed by atoms with Gasteiger partial charge in [-0.25, -0.2) is 10.3 Å². The molecule has 1 saturated heterocycles. The third-order valence-corrected chi connectivity index (χ3v) is 7.14. The minimum atomic E-state index is -0.528. The standard InChI is InChI=1S/C29H32N4O5/c34-28(31-36)26-10-9-24(26)22-7-5-21(6-8-22)20-32(13-18-38-29(35)33-14-16-37-17-15-33)12-11-23-19-30-27-4-2-1-3-25(23)27/h1-8,19,24,26,30,36H,11-18,20H2,(H,31,34). The van der Waals surface area contributed by atoms with Crippen molar-refractivity contribution in [3.8, 4) is 11.8 Å². The SMILES string of the molecule is O=C(NO)C1C#CC1c1ccc(CN(CCOC(=O)N2CCOCC2)CCc2c[nH]c3ccccc23)cc1. The molecule has 0 radical (unpaired) electrons. The van der Waals surface area contributed by atoms with E-state index in [1.54, 1.807) is 10.4 Å². The van der Waals surface area contributed by atoms with Crippen LogP contribution in [-0.2, 0) is 27.2 Å². The van der Waals surface area contributed by atoms with Crippen molar-refractivity contribution in [2.24, 2.45) is 5.92 Å². The third kappa shape index (κ3) is 6.00. The van der Waals surface area contributed by atoms with Crippen LogP contribution in [0.3, 0.4) is 0 Å². The van der Waals surface area contributed by atoms with E-state index in [0.717, 1.165) is 29.6 Å². The number of fused-ring (bicyclic) bond motifs is 1. The highest BCUT2D eigenvalue weighted by Gasteiger charge is 2.32. The summed E-state index contributed by atoms with van der Waals surface area (Å²) in [6.45, 7) is 4.59. The lowest BCUT2D eigenvalue weighted by atomic mass is 9.79. The van der Waals surface area contributed by atoms with Gasteiger partial charge in [-0.15, -0.1) is 0 Å². The first-order valence-electron chi connectivity index (χ1n) is 12.9. The number of carbonyl (C=O) groups is 2. The van der Waals surface area contributed by atoms with Gasteiger partial charge in [-0.3, -0.25) is 14.9 Å². The first-order chi connectivity index (χ1) is 18.6. The Morgan fingerprint density at radius 2 is 1.89 bits per heavy atom. The molecule has 9 nitrogen and oxygen atoms in total. The lowest BCUT2D eigenvalue weighted by Crippen LogP contribution is -2.41. The molecular weight excluding hydrogens is 484 g/mol. The van der Waals surface area contributed by atoms with Crippen molar-refractivity contribution in [1.82, 2.24) is 20.3 Å². The highest BCUT2D eigenvalue weighted by atomic mass is 16.6. The van der Waals surface area contributed by atoms with Crippen molar-refractivity contribution in [3.05, 3.63) is 71.4 Å². The summed E-state index contributed by atoms with van der Waals surface area (Å²) < 4.78 is 10.9. The number of hydrogen-bond acceptors (Lipinski definition) is 6. The zero-order chi connectivity index (χ0) is 26.3. The summed E-state index contributed by atoms with van der Waals surface area (Å²) in [7, 11) is 0. The normalized spacial score (nSPS) is 18.5. The molecule has 1 aromatic heterocycles. The van der Waals surface area contributed by atoms with E-state index >= 15 is 0 Å². The second kappa shape index (κ2) is 12.1. The highest BCUT2D eigenvalue weighted by Crippen LogP contribution is 2.30. The van der Waals surface area contributed by atoms with E-state index in [1.807, 2.05) is 36.4 Å². The number of hydrogen-bond donors (Lipinski definition) is 3. The first kappa shape index (κ1) is 25.8. The maximum Gasteiger partial charge on any atom is 0.409 e. The van der Waals surface area contributed by atoms with Gasteiger partial charge >= 0.3 is 6.09 Å². The van der Waals surface area contributed by atoms with Gasteiger partial charge in [0.15, 0.2) is 0 Å². The lowest BCUT2D eigenvalue weighted by Gasteiger charge is -2.27. The zero-order valence-corrected chi connectivity index (χ0v) is 21.2. The van der Waals surface area contributed by atoms with Crippen molar-refractivity contribution >= 4 is 22.9 Å². The minimum Gasteiger partial charge on any atom is -0.448 e. The number of benzene rings is 2. The third-order valence-electron chi connectivity index (χ3n) is 7.14. The van der Waals surface area contributed by atoms with E-state index in [2.05, 4.69) is 40.1 Å². The predicted molar refractivity (Wildman–Crippen MR) is 141 cm³/mol. The van der Waals surface area contributed by atoms with Crippen molar-refractivity contribution in [2.75, 3.05) is 46.0 Å². The second-order valence-electron chi connectivity index (χ2n) is 9.56. The molecule has 5 rings (SSSR count). The Morgan fingerprint density at radius 1 is 1.11 bits per heavy atom. The quantitative estimate of drug-likeness (QED) is 0.217. The van der Waals surface area contributed by atoms with Gasteiger partial charge in [-0.05, 0) is 29.2 Å². The number of ether oxygens (including phenoxy) is 2. The minimum absolute atomic E-state index is 0.214. The van der Waals surface area contributed by atoms with Crippen LogP contribution >= 0.6 is 0 Å². The van der Waals surface area contributed by atoms with E-state index in [-0.39, 0.29) is 12.0 Å². The molecule has 0 saturated carbocycles. The van der Waals surface area contributed by atoms with Gasteiger partial charge in [0.25, 0.3) is 5.91 Å². The van der Waals surface area contributed by atoms with Crippen LogP contribution in [0.2, 0.25) is 0 Å². The molecular formula is C29H32N4O5. The molecule has 1 aliphatic carbocycles. The molecule has 0 bridgehead atoms. The Bertz CT molecular complexity index is 1320. The second-order valence-corrected chi connectivity index (χ2v) is 9.56. The van der Waals surface area contributed by atoms with Gasteiger partial charge in [-0.2, -0.15) is 0 Å². The summed E-state index contributed by atoms with van der Waals surface area (Å²) >= 11 is 0. The zero-order valence-electron chi connectivity index (χ0n) is 21.2. The van der Waals surface area contributed by atoms with Crippen LogP contribution in [0.25, 0.3) is 10.9 Å². The molecule has 2 aromatic carbocycles. The number of carbonyl (C=O) groups excluding carboxylic acids is 2. The summed E-state index contributed by atoms with van der Waals surface area (Å²) in [5.74, 6) is 4.59. The molecule has 2 unspecified atom stereocenters. The average molecular weight is 517 g/mol. The van der Waals surface area contributed by atoms with Gasteiger partial charge in [-0.1, -0.05) is 54.3 Å². The Kier molecular flexibility index (Phi) is 8.24. The molecule has 3 aromatic rings. The molecule has 198 valence electrons. The van der Waals surface area contributed by atoms with Crippen LogP contribution in [0, 0.1) is 17.8 Å². The molecule has 9 heteroatoms. The van der Waals surface area contributed by atoms with Crippen molar-refractivity contribution in [1.29, 1.82) is 0 Å². The molecule has 1 aliphatic heterocycles. The van der Waals surface area contributed by atoms with Crippen LogP contribution in [0.5, 0.6) is 0 Å². The molecule has 38 heavy (non-hydrogen) atoms. The fourth-order valence-corrected chi connectivity index (χ4v) is 4.89. The first-order valence-corrected chi connectivity index (χ1v) is 12.9. The van der Waals surface area contributed by atoms with Crippen molar-refractivity contribution in [3.63, 3.8) is 0 Å². The number of morpholine rings is 1. The predicted octanol–water partition coefficient (Wildman–Crippen LogP) is 2.90. The van der Waals surface area contributed by atoms with Gasteiger partial charge < -0.3 is 19.4 Å². The number of amides is 2. The number of hydroxylamine groups is 1. The monoisotopic (exact) mass is 516 g/mol.